The fourth-order valence-electron chi connectivity index (χ4n) is 2.22. The smallest absolute Gasteiger partial charge is 0.433 e. The fourth-order valence-corrected chi connectivity index (χ4v) is 2.42. The summed E-state index contributed by atoms with van der Waals surface area (Å²) in [5.41, 5.74) is -0.444. The Morgan fingerprint density at radius 3 is 2.50 bits per heavy atom. The van der Waals surface area contributed by atoms with Gasteiger partial charge < -0.3 is 10.1 Å². The summed E-state index contributed by atoms with van der Waals surface area (Å²) in [4.78, 5) is 23.2. The van der Waals surface area contributed by atoms with Gasteiger partial charge in [0.1, 0.15) is 16.7 Å². The number of nitrogens with one attached hydrogen (secondary N) is 1. The first kappa shape index (κ1) is 19.6. The van der Waals surface area contributed by atoms with E-state index < -0.39 is 17.8 Å². The summed E-state index contributed by atoms with van der Waals surface area (Å²) >= 11 is 5.87. The Bertz CT molecular complexity index is 1010. The molecule has 0 bridgehead atoms. The van der Waals surface area contributed by atoms with Gasteiger partial charge in [-0.2, -0.15) is 18.2 Å². The summed E-state index contributed by atoms with van der Waals surface area (Å²) in [7, 11) is 0. The highest BCUT2D eigenvalue weighted by atomic mass is 35.5. The van der Waals surface area contributed by atoms with Crippen LogP contribution in [0.3, 0.4) is 0 Å². The maximum absolute atomic E-state index is 12.8. The second-order valence-corrected chi connectivity index (χ2v) is 5.92. The Morgan fingerprint density at radius 1 is 1.14 bits per heavy atom. The lowest BCUT2D eigenvalue weighted by molar-refractivity contribution is -0.141. The molecular weight excluding hydrogens is 397 g/mol. The number of alkyl halides is 3. The monoisotopic (exact) mass is 408 g/mol. The quantitative estimate of drug-likeness (QED) is 0.621. The number of ether oxygens (including phenoxy) is 1. The predicted molar refractivity (Wildman–Crippen MR) is 95.5 cm³/mol. The molecule has 3 rings (SSSR count). The molecule has 3 aromatic rings. The van der Waals surface area contributed by atoms with Gasteiger partial charge in [0.05, 0.1) is 5.56 Å². The van der Waals surface area contributed by atoms with E-state index in [1.165, 1.54) is 43.5 Å². The Kier molecular flexibility index (Phi) is 5.46. The van der Waals surface area contributed by atoms with Crippen molar-refractivity contribution in [3.8, 4) is 11.6 Å². The van der Waals surface area contributed by atoms with Crippen LogP contribution in [-0.4, -0.2) is 20.9 Å². The van der Waals surface area contributed by atoms with Crippen LogP contribution in [0.25, 0.3) is 0 Å². The van der Waals surface area contributed by atoms with Gasteiger partial charge in [-0.25, -0.2) is 9.97 Å². The van der Waals surface area contributed by atoms with Crippen molar-refractivity contribution in [2.45, 2.75) is 13.1 Å². The number of rotatable bonds is 4. The average Bonchev–Trinajstić information content (AvgIpc) is 2.62. The normalized spacial score (nSPS) is 11.2. The van der Waals surface area contributed by atoms with Crippen LogP contribution in [0.4, 0.5) is 18.9 Å². The highest BCUT2D eigenvalue weighted by molar-refractivity contribution is 6.33. The van der Waals surface area contributed by atoms with E-state index in [2.05, 4.69) is 20.3 Å². The number of anilines is 1. The van der Waals surface area contributed by atoms with Gasteiger partial charge in [0.2, 0.25) is 5.88 Å². The summed E-state index contributed by atoms with van der Waals surface area (Å²) in [6.07, 6.45) is -3.14. The maximum atomic E-state index is 12.8. The molecular formula is C18H12ClF3N4O2. The number of carbonyl (C=O) groups excluding carboxylic acids is 1. The highest BCUT2D eigenvalue weighted by Gasteiger charge is 2.33. The Labute approximate surface area is 162 Å². The van der Waals surface area contributed by atoms with Crippen LogP contribution in [0.15, 0.2) is 48.7 Å². The SMILES string of the molecule is Cc1nc(Oc2ccc(NC(=O)c3cccnc3Cl)cc2)cc(C(F)(F)F)n1. The van der Waals surface area contributed by atoms with E-state index in [-0.39, 0.29) is 28.2 Å². The summed E-state index contributed by atoms with van der Waals surface area (Å²) in [5.74, 6) is -0.516. The maximum Gasteiger partial charge on any atom is 0.433 e. The molecule has 144 valence electrons. The van der Waals surface area contributed by atoms with Crippen LogP contribution < -0.4 is 10.1 Å². The zero-order chi connectivity index (χ0) is 20.3. The van der Waals surface area contributed by atoms with Crippen molar-refractivity contribution in [2.24, 2.45) is 0 Å². The number of aryl methyl sites for hydroxylation is 1. The number of hydrogen-bond acceptors (Lipinski definition) is 5. The van der Waals surface area contributed by atoms with Gasteiger partial charge >= 0.3 is 6.18 Å². The average molecular weight is 409 g/mol. The van der Waals surface area contributed by atoms with Crippen molar-refractivity contribution in [1.29, 1.82) is 0 Å². The van der Waals surface area contributed by atoms with Gasteiger partial charge in [-0.1, -0.05) is 11.6 Å². The van der Waals surface area contributed by atoms with Gasteiger partial charge in [0.25, 0.3) is 5.91 Å². The van der Waals surface area contributed by atoms with Gasteiger partial charge in [-0.05, 0) is 43.3 Å². The number of hydrogen-bond donors (Lipinski definition) is 1. The van der Waals surface area contributed by atoms with Crippen LogP contribution in [0, 0.1) is 6.92 Å². The summed E-state index contributed by atoms with van der Waals surface area (Å²) in [6.45, 7) is 1.34. The van der Waals surface area contributed by atoms with Crippen molar-refractivity contribution < 1.29 is 22.7 Å². The van der Waals surface area contributed by atoms with E-state index in [0.717, 1.165) is 0 Å². The molecule has 28 heavy (non-hydrogen) atoms. The minimum atomic E-state index is -4.60. The summed E-state index contributed by atoms with van der Waals surface area (Å²) < 4.78 is 43.9. The molecule has 0 saturated heterocycles. The molecule has 6 nitrogen and oxygen atoms in total. The van der Waals surface area contributed by atoms with E-state index in [4.69, 9.17) is 16.3 Å². The molecule has 0 saturated carbocycles. The van der Waals surface area contributed by atoms with Crippen LogP contribution in [0.1, 0.15) is 21.9 Å². The minimum Gasteiger partial charge on any atom is -0.439 e. The van der Waals surface area contributed by atoms with Crippen molar-refractivity contribution >= 4 is 23.2 Å². The zero-order valence-electron chi connectivity index (χ0n) is 14.3. The second kappa shape index (κ2) is 7.81. The fraction of sp³-hybridized carbons (Fsp3) is 0.111. The third-order valence-electron chi connectivity index (χ3n) is 3.44. The molecule has 0 spiro atoms. The Morgan fingerprint density at radius 2 is 1.86 bits per heavy atom. The standard InChI is InChI=1S/C18H12ClF3N4O2/c1-10-24-14(18(20,21)22)9-15(25-10)28-12-6-4-11(5-7-12)26-17(27)13-3-2-8-23-16(13)19/h2-9H,1H3,(H,26,27). The molecule has 0 aliphatic heterocycles. The largest absolute Gasteiger partial charge is 0.439 e. The van der Waals surface area contributed by atoms with Crippen molar-refractivity contribution in [3.05, 3.63) is 70.9 Å². The lowest BCUT2D eigenvalue weighted by atomic mass is 10.2. The first-order chi connectivity index (χ1) is 13.2. The van der Waals surface area contributed by atoms with Gasteiger partial charge in [-0.3, -0.25) is 4.79 Å². The number of carbonyl (C=O) groups is 1. The van der Waals surface area contributed by atoms with Crippen LogP contribution in [0.2, 0.25) is 5.15 Å². The van der Waals surface area contributed by atoms with Gasteiger partial charge in [-0.15, -0.1) is 0 Å². The molecule has 0 aliphatic carbocycles. The van der Waals surface area contributed by atoms with Crippen molar-refractivity contribution in [2.75, 3.05) is 5.32 Å². The first-order valence-electron chi connectivity index (χ1n) is 7.85. The number of pyridine rings is 1. The van der Waals surface area contributed by atoms with Gasteiger partial charge in [0, 0.05) is 18.0 Å². The second-order valence-electron chi connectivity index (χ2n) is 5.56. The zero-order valence-corrected chi connectivity index (χ0v) is 15.0. The molecule has 2 heterocycles. The third-order valence-corrected chi connectivity index (χ3v) is 3.74. The molecule has 0 radical (unpaired) electrons. The molecule has 0 unspecified atom stereocenters. The number of halogens is 4. The van der Waals surface area contributed by atoms with E-state index in [9.17, 15) is 18.0 Å². The molecule has 10 heteroatoms. The summed E-state index contributed by atoms with van der Waals surface area (Å²) in [5, 5.41) is 2.70. The predicted octanol–water partition coefficient (Wildman–Crippen LogP) is 4.90. The number of nitrogens with zero attached hydrogens (tertiary/aromatic N) is 3. The van der Waals surface area contributed by atoms with Crippen molar-refractivity contribution in [3.63, 3.8) is 0 Å². The van der Waals surface area contributed by atoms with Crippen molar-refractivity contribution in [1.82, 2.24) is 15.0 Å². The van der Waals surface area contributed by atoms with Crippen LogP contribution in [-0.2, 0) is 6.18 Å². The molecule has 1 amide bonds. The third kappa shape index (κ3) is 4.74. The topological polar surface area (TPSA) is 77.0 Å². The lowest BCUT2D eigenvalue weighted by Crippen LogP contribution is -2.12. The molecule has 0 atom stereocenters. The Balaban J connectivity index is 1.72. The molecule has 0 fully saturated rings. The van der Waals surface area contributed by atoms with Crippen LogP contribution >= 0.6 is 11.6 Å². The number of benzene rings is 1. The molecule has 1 aromatic carbocycles. The molecule has 1 N–H and O–H groups in total. The van der Waals surface area contributed by atoms with Crippen LogP contribution in [0.5, 0.6) is 11.6 Å². The highest BCUT2D eigenvalue weighted by Crippen LogP contribution is 2.31. The van der Waals surface area contributed by atoms with E-state index in [1.807, 2.05) is 0 Å². The minimum absolute atomic E-state index is 0.0675. The molecule has 2 aromatic heterocycles. The van der Waals surface area contributed by atoms with E-state index in [1.54, 1.807) is 6.07 Å². The number of aromatic nitrogens is 3. The molecule has 0 aliphatic rings. The number of amides is 1. The lowest BCUT2D eigenvalue weighted by Gasteiger charge is -2.10. The Hall–Kier alpha value is -3.20. The first-order valence-corrected chi connectivity index (χ1v) is 8.23. The van der Waals surface area contributed by atoms with E-state index >= 15 is 0 Å². The van der Waals surface area contributed by atoms with Gasteiger partial charge in [0.15, 0.2) is 5.69 Å². The summed E-state index contributed by atoms with van der Waals surface area (Å²) in [6, 6.07) is 9.82. The van der Waals surface area contributed by atoms with E-state index in [0.29, 0.717) is 11.8 Å².